The molecular formula is C16H23IN4O2. The minimum atomic E-state index is 0. The highest BCUT2D eigenvalue weighted by Crippen LogP contribution is 2.16. The fraction of sp³-hybridized carbons (Fsp3) is 0.500. The van der Waals surface area contributed by atoms with Crippen molar-refractivity contribution in [3.05, 3.63) is 23.9 Å². The zero-order valence-electron chi connectivity index (χ0n) is 13.2. The van der Waals surface area contributed by atoms with E-state index >= 15 is 0 Å². The van der Waals surface area contributed by atoms with E-state index in [1.165, 1.54) is 0 Å². The second-order valence-corrected chi connectivity index (χ2v) is 4.92. The lowest BCUT2D eigenvalue weighted by molar-refractivity contribution is 0.0237. The lowest BCUT2D eigenvalue weighted by atomic mass is 10.1. The van der Waals surface area contributed by atoms with Crippen LogP contribution in [0.2, 0.25) is 0 Å². The van der Waals surface area contributed by atoms with Crippen molar-refractivity contribution in [2.45, 2.75) is 25.5 Å². The summed E-state index contributed by atoms with van der Waals surface area (Å²) in [6, 6.07) is 3.88. The molecule has 1 aromatic rings. The summed E-state index contributed by atoms with van der Waals surface area (Å²) in [5.41, 5.74) is 1.07. The molecule has 0 atom stereocenters. The number of rotatable bonds is 5. The minimum Gasteiger partial charge on any atom is -0.474 e. The molecule has 1 aliphatic rings. The topological polar surface area (TPSA) is 67.8 Å². The van der Waals surface area contributed by atoms with E-state index in [-0.39, 0.29) is 30.1 Å². The number of terminal acetylenes is 1. The summed E-state index contributed by atoms with van der Waals surface area (Å²) < 4.78 is 11.2. The number of halogens is 1. The van der Waals surface area contributed by atoms with E-state index in [1.54, 1.807) is 13.2 Å². The first-order valence-corrected chi connectivity index (χ1v) is 7.39. The van der Waals surface area contributed by atoms with Crippen molar-refractivity contribution in [2.75, 3.05) is 26.8 Å². The highest BCUT2D eigenvalue weighted by atomic mass is 127. The Morgan fingerprint density at radius 1 is 1.48 bits per heavy atom. The lowest BCUT2D eigenvalue weighted by Gasteiger charge is -2.22. The maximum Gasteiger partial charge on any atom is 0.213 e. The van der Waals surface area contributed by atoms with E-state index in [1.807, 2.05) is 12.1 Å². The lowest BCUT2D eigenvalue weighted by Crippen LogP contribution is -2.36. The standard InChI is InChI=1S/C16H22N4O2.HI/c1-3-7-19-16(17-2)20-12-13-4-8-18-15(11-13)22-14-5-9-21-10-6-14;/h1,4,8,11,14H,5-7,9-10,12H2,2H3,(H2,17,19,20);1H. The molecule has 1 aromatic heterocycles. The monoisotopic (exact) mass is 430 g/mol. The number of nitrogens with zero attached hydrogens (tertiary/aromatic N) is 2. The first kappa shape index (κ1) is 19.5. The molecule has 0 amide bonds. The van der Waals surface area contributed by atoms with Crippen LogP contribution in [0.25, 0.3) is 0 Å². The predicted molar refractivity (Wildman–Crippen MR) is 101 cm³/mol. The summed E-state index contributed by atoms with van der Waals surface area (Å²) in [5, 5.41) is 6.20. The van der Waals surface area contributed by atoms with Crippen LogP contribution in [0, 0.1) is 12.3 Å². The molecule has 1 fully saturated rings. The van der Waals surface area contributed by atoms with Gasteiger partial charge in [0.1, 0.15) is 6.10 Å². The van der Waals surface area contributed by atoms with Crippen molar-refractivity contribution in [1.82, 2.24) is 15.6 Å². The van der Waals surface area contributed by atoms with Crippen LogP contribution in [0.3, 0.4) is 0 Å². The fourth-order valence-corrected chi connectivity index (χ4v) is 2.13. The molecule has 23 heavy (non-hydrogen) atoms. The smallest absolute Gasteiger partial charge is 0.213 e. The van der Waals surface area contributed by atoms with E-state index in [2.05, 4.69) is 26.5 Å². The van der Waals surface area contributed by atoms with Crippen LogP contribution in [0.15, 0.2) is 23.3 Å². The van der Waals surface area contributed by atoms with Gasteiger partial charge in [0.15, 0.2) is 5.96 Å². The third-order valence-electron chi connectivity index (χ3n) is 3.30. The van der Waals surface area contributed by atoms with Crippen LogP contribution >= 0.6 is 24.0 Å². The highest BCUT2D eigenvalue weighted by molar-refractivity contribution is 14.0. The quantitative estimate of drug-likeness (QED) is 0.321. The zero-order valence-corrected chi connectivity index (χ0v) is 15.6. The number of aromatic nitrogens is 1. The first-order valence-electron chi connectivity index (χ1n) is 7.39. The van der Waals surface area contributed by atoms with Gasteiger partial charge in [-0.1, -0.05) is 5.92 Å². The molecule has 0 unspecified atom stereocenters. The Morgan fingerprint density at radius 2 is 2.26 bits per heavy atom. The Morgan fingerprint density at radius 3 is 2.96 bits per heavy atom. The average Bonchev–Trinajstić information content (AvgIpc) is 2.56. The summed E-state index contributed by atoms with van der Waals surface area (Å²) in [6.45, 7) is 2.57. The van der Waals surface area contributed by atoms with Crippen LogP contribution < -0.4 is 15.4 Å². The third-order valence-corrected chi connectivity index (χ3v) is 3.30. The van der Waals surface area contributed by atoms with Gasteiger partial charge in [0.05, 0.1) is 19.8 Å². The second-order valence-electron chi connectivity index (χ2n) is 4.92. The maximum absolute atomic E-state index is 5.90. The summed E-state index contributed by atoms with van der Waals surface area (Å²) in [5.74, 6) is 3.83. The van der Waals surface area contributed by atoms with Gasteiger partial charge in [0, 0.05) is 38.7 Å². The molecule has 1 saturated heterocycles. The van der Waals surface area contributed by atoms with Gasteiger partial charge in [-0.2, -0.15) is 0 Å². The van der Waals surface area contributed by atoms with Gasteiger partial charge in [-0.25, -0.2) is 4.98 Å². The summed E-state index contributed by atoms with van der Waals surface area (Å²) >= 11 is 0. The second kappa shape index (κ2) is 11.1. The zero-order chi connectivity index (χ0) is 15.6. The van der Waals surface area contributed by atoms with Gasteiger partial charge in [-0.3, -0.25) is 4.99 Å². The molecule has 0 aliphatic carbocycles. The van der Waals surface area contributed by atoms with E-state index in [4.69, 9.17) is 15.9 Å². The number of pyridine rings is 1. The Balaban J connectivity index is 0.00000264. The van der Waals surface area contributed by atoms with Crippen LogP contribution in [0.4, 0.5) is 0 Å². The van der Waals surface area contributed by atoms with Gasteiger partial charge in [-0.05, 0) is 11.6 Å². The molecular weight excluding hydrogens is 407 g/mol. The van der Waals surface area contributed by atoms with Crippen LogP contribution in [-0.2, 0) is 11.3 Å². The molecule has 0 bridgehead atoms. The van der Waals surface area contributed by atoms with Crippen molar-refractivity contribution in [3.8, 4) is 18.2 Å². The van der Waals surface area contributed by atoms with Crippen molar-refractivity contribution in [2.24, 2.45) is 4.99 Å². The minimum absolute atomic E-state index is 0. The number of ether oxygens (including phenoxy) is 2. The Kier molecular flexibility index (Phi) is 9.40. The molecule has 2 heterocycles. The molecule has 2 N–H and O–H groups in total. The number of aliphatic imine (C=N–C) groups is 1. The van der Waals surface area contributed by atoms with E-state index in [0.29, 0.717) is 24.9 Å². The van der Waals surface area contributed by atoms with E-state index in [0.717, 1.165) is 31.6 Å². The van der Waals surface area contributed by atoms with Gasteiger partial charge in [0.2, 0.25) is 5.88 Å². The molecule has 0 aromatic carbocycles. The molecule has 0 saturated carbocycles. The predicted octanol–water partition coefficient (Wildman–Crippen LogP) is 1.56. The summed E-state index contributed by atoms with van der Waals surface area (Å²) in [7, 11) is 1.71. The average molecular weight is 430 g/mol. The van der Waals surface area contributed by atoms with Crippen molar-refractivity contribution >= 4 is 29.9 Å². The highest BCUT2D eigenvalue weighted by Gasteiger charge is 2.15. The summed E-state index contributed by atoms with van der Waals surface area (Å²) in [6.07, 6.45) is 8.98. The van der Waals surface area contributed by atoms with Gasteiger partial charge >= 0.3 is 0 Å². The molecule has 1 aliphatic heterocycles. The summed E-state index contributed by atoms with van der Waals surface area (Å²) in [4.78, 5) is 8.36. The van der Waals surface area contributed by atoms with Gasteiger partial charge in [-0.15, -0.1) is 30.4 Å². The normalized spacial score (nSPS) is 15.2. The largest absolute Gasteiger partial charge is 0.474 e. The first-order chi connectivity index (χ1) is 10.8. The fourth-order valence-electron chi connectivity index (χ4n) is 2.13. The molecule has 0 radical (unpaired) electrons. The van der Waals surface area contributed by atoms with Crippen LogP contribution in [0.1, 0.15) is 18.4 Å². The number of guanidine groups is 1. The van der Waals surface area contributed by atoms with Crippen molar-refractivity contribution in [3.63, 3.8) is 0 Å². The van der Waals surface area contributed by atoms with Crippen LogP contribution in [0.5, 0.6) is 5.88 Å². The van der Waals surface area contributed by atoms with E-state index in [9.17, 15) is 0 Å². The number of hydrogen-bond donors (Lipinski definition) is 2. The Hall–Kier alpha value is -1.53. The van der Waals surface area contributed by atoms with E-state index < -0.39 is 0 Å². The molecule has 0 spiro atoms. The molecule has 2 rings (SSSR count). The van der Waals surface area contributed by atoms with Crippen molar-refractivity contribution < 1.29 is 9.47 Å². The van der Waals surface area contributed by atoms with Gasteiger partial charge < -0.3 is 20.1 Å². The Bertz CT molecular complexity index is 539. The van der Waals surface area contributed by atoms with Crippen LogP contribution in [-0.4, -0.2) is 43.9 Å². The maximum atomic E-state index is 5.90. The Labute approximate surface area is 154 Å². The molecule has 7 heteroatoms. The van der Waals surface area contributed by atoms with Crippen molar-refractivity contribution in [1.29, 1.82) is 0 Å². The number of nitrogens with one attached hydrogen (secondary N) is 2. The number of hydrogen-bond acceptors (Lipinski definition) is 4. The van der Waals surface area contributed by atoms with Gasteiger partial charge in [0.25, 0.3) is 0 Å². The molecule has 126 valence electrons. The SMILES string of the molecule is C#CCNC(=NC)NCc1ccnc(OC2CCOCC2)c1.I. The molecule has 6 nitrogen and oxygen atoms in total. The third kappa shape index (κ3) is 7.05.